The topological polar surface area (TPSA) is 0 Å². The normalized spacial score (nSPS) is 97.8. The van der Waals surface area contributed by atoms with Crippen molar-refractivity contribution in [2.75, 3.05) is 0 Å². The van der Waals surface area contributed by atoms with Crippen LogP contribution in [0.15, 0.2) is 0 Å². The molecule has 0 spiro atoms. The molecule has 0 N–H and O–H groups in total. The summed E-state index contributed by atoms with van der Waals surface area (Å²) in [6, 6.07) is 0. The molecule has 0 radical (unpaired) electrons. The SMILES string of the molecule is [CH+]1C2C3C4C1C1C2C3C41. The van der Waals surface area contributed by atoms with Crippen molar-refractivity contribution >= 4 is 0 Å². The van der Waals surface area contributed by atoms with E-state index in [0.29, 0.717) is 0 Å². The molecule has 0 aliphatic heterocycles. The highest BCUT2D eigenvalue weighted by molar-refractivity contribution is 5.42. The van der Waals surface area contributed by atoms with Gasteiger partial charge in [0, 0.05) is 23.7 Å². The first-order valence-corrected chi connectivity index (χ1v) is 4.33. The summed E-state index contributed by atoms with van der Waals surface area (Å²) in [6.07, 6.45) is 2.71. The summed E-state index contributed by atoms with van der Waals surface area (Å²) in [5, 5.41) is 0. The Labute approximate surface area is 54.6 Å². The third-order valence-corrected chi connectivity index (χ3v) is 5.33. The van der Waals surface area contributed by atoms with Gasteiger partial charge in [0.1, 0.15) is 11.8 Å². The highest BCUT2D eigenvalue weighted by Crippen LogP contribution is 2.94. The van der Waals surface area contributed by atoms with Crippen molar-refractivity contribution < 1.29 is 0 Å². The molecule has 0 saturated heterocycles. The monoisotopic (exact) mass is 117 g/mol. The van der Waals surface area contributed by atoms with E-state index in [2.05, 4.69) is 6.42 Å². The fraction of sp³-hybridized carbons (Fsp3) is 0.889. The Balaban J connectivity index is 1.96. The van der Waals surface area contributed by atoms with Gasteiger partial charge in [-0.15, -0.1) is 0 Å². The first-order chi connectivity index (χ1) is 4.48. The van der Waals surface area contributed by atoms with Crippen LogP contribution in [-0.4, -0.2) is 0 Å². The van der Waals surface area contributed by atoms with Crippen molar-refractivity contribution in [3.8, 4) is 0 Å². The first-order valence-electron chi connectivity index (χ1n) is 4.33. The fourth-order valence-electron chi connectivity index (χ4n) is 5.32. The first kappa shape index (κ1) is 3.32. The largest absolute Gasteiger partial charge is 0.105 e. The molecule has 9 heavy (non-hydrogen) atoms. The van der Waals surface area contributed by atoms with Gasteiger partial charge in [0.25, 0.3) is 0 Å². The molecule has 6 aliphatic carbocycles. The second-order valence-electron chi connectivity index (χ2n) is 4.81. The van der Waals surface area contributed by atoms with Crippen molar-refractivity contribution in [1.29, 1.82) is 0 Å². The van der Waals surface area contributed by atoms with Crippen molar-refractivity contribution in [3.63, 3.8) is 0 Å². The van der Waals surface area contributed by atoms with Gasteiger partial charge in [0.2, 0.25) is 0 Å². The quantitative estimate of drug-likeness (QED) is 0.418. The van der Waals surface area contributed by atoms with Gasteiger partial charge in [-0.1, -0.05) is 0 Å². The van der Waals surface area contributed by atoms with Crippen LogP contribution in [0.1, 0.15) is 0 Å². The second kappa shape index (κ2) is 0.601. The smallest absolute Gasteiger partial charge is 0.0224 e. The third kappa shape index (κ3) is 0.118. The predicted molar refractivity (Wildman–Crippen MR) is 32.2 cm³/mol. The van der Waals surface area contributed by atoms with Crippen LogP contribution in [-0.2, 0) is 0 Å². The predicted octanol–water partition coefficient (Wildman–Crippen LogP) is 1.19. The molecule has 0 heteroatoms. The van der Waals surface area contributed by atoms with Crippen LogP contribution in [0.4, 0.5) is 0 Å². The van der Waals surface area contributed by atoms with Crippen molar-refractivity contribution in [2.45, 2.75) is 0 Å². The van der Waals surface area contributed by atoms with Crippen LogP contribution in [0.3, 0.4) is 0 Å². The van der Waals surface area contributed by atoms with E-state index in [-0.39, 0.29) is 0 Å². The molecule has 0 aromatic rings. The molecule has 6 saturated carbocycles. The molecule has 0 amide bonds. The molecule has 0 aromatic carbocycles. The Morgan fingerprint density at radius 1 is 0.556 bits per heavy atom. The molecule has 6 aliphatic rings. The van der Waals surface area contributed by atoms with Gasteiger partial charge in [-0.25, -0.2) is 0 Å². The van der Waals surface area contributed by atoms with E-state index < -0.39 is 0 Å². The molecule has 6 rings (SSSR count). The van der Waals surface area contributed by atoms with E-state index >= 15 is 0 Å². The van der Waals surface area contributed by atoms with Gasteiger partial charge in [-0.05, 0) is 11.8 Å². The number of hydrogen-bond acceptors (Lipinski definition) is 0. The minimum absolute atomic E-state index is 1.17. The molecule has 4 atom stereocenters. The summed E-state index contributed by atoms with van der Waals surface area (Å²) >= 11 is 0. The van der Waals surface area contributed by atoms with Gasteiger partial charge in [0.15, 0.2) is 0 Å². The van der Waals surface area contributed by atoms with Gasteiger partial charge in [-0.3, -0.25) is 0 Å². The molecule has 0 heterocycles. The minimum atomic E-state index is 1.17. The Bertz CT molecular complexity index is 175. The number of hydrogen-bond donors (Lipinski definition) is 0. The average molecular weight is 117 g/mol. The Morgan fingerprint density at radius 3 is 1.33 bits per heavy atom. The highest BCUT2D eigenvalue weighted by atomic mass is 14.9. The zero-order chi connectivity index (χ0) is 5.33. The molecule has 6 fully saturated rings. The number of rotatable bonds is 0. The second-order valence-corrected chi connectivity index (χ2v) is 4.81. The zero-order valence-electron chi connectivity index (χ0n) is 5.20. The molecule has 2 bridgehead atoms. The summed E-state index contributed by atoms with van der Waals surface area (Å²) in [7, 11) is 0. The van der Waals surface area contributed by atoms with Crippen molar-refractivity contribution in [2.24, 2.45) is 47.3 Å². The van der Waals surface area contributed by atoms with Crippen LogP contribution in [0, 0.1) is 53.8 Å². The summed E-state index contributed by atoms with van der Waals surface area (Å²) < 4.78 is 0. The minimum Gasteiger partial charge on any atom is -0.0224 e. The fourth-order valence-corrected chi connectivity index (χ4v) is 5.32. The lowest BCUT2D eigenvalue weighted by molar-refractivity contribution is -0.379. The van der Waals surface area contributed by atoms with E-state index in [1.807, 2.05) is 0 Å². The lowest BCUT2D eigenvalue weighted by atomic mass is 9.20. The standard InChI is InChI=1S/C9H9/c1-2-4-6-3(1)7-5(2)8(4)9(6)7/h1-9H/q+1. The summed E-state index contributed by atoms with van der Waals surface area (Å²) in [4.78, 5) is 0. The van der Waals surface area contributed by atoms with E-state index in [1.54, 1.807) is 0 Å². The van der Waals surface area contributed by atoms with Gasteiger partial charge in [-0.2, -0.15) is 0 Å². The zero-order valence-corrected chi connectivity index (χ0v) is 5.20. The Kier molecular flexibility index (Phi) is 0.221. The third-order valence-electron chi connectivity index (χ3n) is 5.33. The van der Waals surface area contributed by atoms with Gasteiger partial charge in [0.05, 0.1) is 6.42 Å². The highest BCUT2D eigenvalue weighted by Gasteiger charge is 2.96. The molecule has 44 valence electrons. The lowest BCUT2D eigenvalue weighted by Gasteiger charge is -2.80. The maximum absolute atomic E-state index is 2.71. The maximum Gasteiger partial charge on any atom is 0.105 e. The summed E-state index contributed by atoms with van der Waals surface area (Å²) in [5.74, 6) is 9.95. The summed E-state index contributed by atoms with van der Waals surface area (Å²) in [6.45, 7) is 0. The van der Waals surface area contributed by atoms with Crippen LogP contribution in [0.2, 0.25) is 0 Å². The Morgan fingerprint density at radius 2 is 1.00 bits per heavy atom. The van der Waals surface area contributed by atoms with Gasteiger partial charge < -0.3 is 0 Å². The van der Waals surface area contributed by atoms with Crippen molar-refractivity contribution in [3.05, 3.63) is 6.42 Å². The van der Waals surface area contributed by atoms with E-state index in [0.717, 1.165) is 0 Å². The van der Waals surface area contributed by atoms with E-state index in [9.17, 15) is 0 Å². The molecular formula is C9H9+. The molecule has 0 aromatic heterocycles. The molecule has 0 nitrogen and oxygen atoms in total. The molecular weight excluding hydrogens is 108 g/mol. The van der Waals surface area contributed by atoms with Crippen molar-refractivity contribution in [1.82, 2.24) is 0 Å². The van der Waals surface area contributed by atoms with Gasteiger partial charge >= 0.3 is 0 Å². The summed E-state index contributed by atoms with van der Waals surface area (Å²) in [5.41, 5.74) is 0. The molecule has 4 unspecified atom stereocenters. The van der Waals surface area contributed by atoms with Crippen LogP contribution in [0.5, 0.6) is 0 Å². The van der Waals surface area contributed by atoms with E-state index in [4.69, 9.17) is 0 Å². The van der Waals surface area contributed by atoms with Crippen LogP contribution >= 0.6 is 0 Å². The lowest BCUT2D eigenvalue weighted by Crippen LogP contribution is -2.81. The van der Waals surface area contributed by atoms with Crippen LogP contribution in [0.25, 0.3) is 0 Å². The maximum atomic E-state index is 2.71. The van der Waals surface area contributed by atoms with E-state index in [1.165, 1.54) is 47.3 Å². The Hall–Kier alpha value is -0.130. The van der Waals surface area contributed by atoms with Crippen LogP contribution < -0.4 is 0 Å². The average Bonchev–Trinajstić information content (AvgIpc) is 2.12.